The molecule has 1 aromatic rings. The van der Waals surface area contributed by atoms with Crippen LogP contribution in [-0.2, 0) is 4.79 Å². The minimum absolute atomic E-state index is 0.132. The van der Waals surface area contributed by atoms with Crippen LogP contribution in [0.15, 0.2) is 24.3 Å². The van der Waals surface area contributed by atoms with E-state index in [0.717, 1.165) is 0 Å². The molecule has 1 rings (SSSR count). The van der Waals surface area contributed by atoms with Crippen molar-refractivity contribution in [1.29, 1.82) is 0 Å². The third-order valence-electron chi connectivity index (χ3n) is 1.71. The Morgan fingerprint density at radius 2 is 1.94 bits per heavy atom. The molecule has 4 heteroatoms. The molecule has 2 N–H and O–H groups in total. The molecule has 0 aliphatic heterocycles. The van der Waals surface area contributed by atoms with Gasteiger partial charge < -0.3 is 10.4 Å². The first-order chi connectivity index (χ1) is 7.63. The Morgan fingerprint density at radius 1 is 1.31 bits per heavy atom. The Balaban J connectivity index is 0.00000106. The van der Waals surface area contributed by atoms with Gasteiger partial charge in [-0.25, -0.2) is 4.79 Å². The summed E-state index contributed by atoms with van der Waals surface area (Å²) >= 11 is 0. The maximum Gasteiger partial charge on any atom is 0.335 e. The van der Waals surface area contributed by atoms with Gasteiger partial charge >= 0.3 is 5.97 Å². The molecule has 16 heavy (non-hydrogen) atoms. The van der Waals surface area contributed by atoms with E-state index in [4.69, 9.17) is 5.11 Å². The molecule has 0 spiro atoms. The summed E-state index contributed by atoms with van der Waals surface area (Å²) < 4.78 is 0. The van der Waals surface area contributed by atoms with Crippen molar-refractivity contribution in [3.63, 3.8) is 0 Å². The first-order valence-electron chi connectivity index (χ1n) is 5.26. The molecular weight excluding hydrogens is 206 g/mol. The molecule has 1 amide bonds. The number of aromatic carboxylic acids is 1. The second-order valence-electron chi connectivity index (χ2n) is 2.79. The molecule has 0 fully saturated rings. The molecule has 0 heterocycles. The highest BCUT2D eigenvalue weighted by Crippen LogP contribution is 2.10. The predicted octanol–water partition coefficient (Wildman–Crippen LogP) is 2.76. The Bertz CT molecular complexity index is 361. The molecule has 0 atom stereocenters. The number of hydrogen-bond donors (Lipinski definition) is 2. The number of carbonyl (C=O) groups excluding carboxylic acids is 1. The lowest BCUT2D eigenvalue weighted by Crippen LogP contribution is -2.10. The van der Waals surface area contributed by atoms with Gasteiger partial charge in [0.2, 0.25) is 5.91 Å². The van der Waals surface area contributed by atoms with Crippen molar-refractivity contribution in [2.45, 2.75) is 27.2 Å². The fourth-order valence-electron chi connectivity index (χ4n) is 0.979. The second-order valence-corrected chi connectivity index (χ2v) is 2.79. The molecule has 0 saturated heterocycles. The quantitative estimate of drug-likeness (QED) is 0.828. The van der Waals surface area contributed by atoms with E-state index in [0.29, 0.717) is 12.1 Å². The summed E-state index contributed by atoms with van der Waals surface area (Å²) in [5.41, 5.74) is 0.677. The summed E-state index contributed by atoms with van der Waals surface area (Å²) in [6.07, 6.45) is 0.372. The Labute approximate surface area is 95.3 Å². The SMILES string of the molecule is CC.CCC(=O)Nc1cccc(C(=O)O)c1. The average molecular weight is 223 g/mol. The fraction of sp³-hybridized carbons (Fsp3) is 0.333. The van der Waals surface area contributed by atoms with Gasteiger partial charge in [-0.15, -0.1) is 0 Å². The third-order valence-corrected chi connectivity index (χ3v) is 1.71. The lowest BCUT2D eigenvalue weighted by atomic mass is 10.2. The highest BCUT2D eigenvalue weighted by atomic mass is 16.4. The third kappa shape index (κ3) is 4.59. The van der Waals surface area contributed by atoms with Gasteiger partial charge in [0.05, 0.1) is 5.56 Å². The summed E-state index contributed by atoms with van der Waals surface area (Å²) in [6.45, 7) is 5.73. The van der Waals surface area contributed by atoms with Gasteiger partial charge in [-0.3, -0.25) is 4.79 Å². The Kier molecular flexibility index (Phi) is 6.59. The molecular formula is C12H17NO3. The zero-order chi connectivity index (χ0) is 12.6. The van der Waals surface area contributed by atoms with Crippen LogP contribution in [-0.4, -0.2) is 17.0 Å². The maximum absolute atomic E-state index is 11.0. The minimum Gasteiger partial charge on any atom is -0.478 e. The molecule has 88 valence electrons. The van der Waals surface area contributed by atoms with Crippen LogP contribution in [0.25, 0.3) is 0 Å². The zero-order valence-corrected chi connectivity index (χ0v) is 9.78. The monoisotopic (exact) mass is 223 g/mol. The van der Waals surface area contributed by atoms with E-state index in [2.05, 4.69) is 5.32 Å². The predicted molar refractivity (Wildman–Crippen MR) is 63.7 cm³/mol. The van der Waals surface area contributed by atoms with E-state index in [1.165, 1.54) is 12.1 Å². The standard InChI is InChI=1S/C10H11NO3.C2H6/c1-2-9(12)11-8-5-3-4-7(6-8)10(13)14;1-2/h3-6H,2H2,1H3,(H,11,12)(H,13,14);1-2H3. The molecule has 0 aliphatic rings. The fourth-order valence-corrected chi connectivity index (χ4v) is 0.979. The topological polar surface area (TPSA) is 66.4 Å². The number of carboxylic acids is 1. The average Bonchev–Trinajstić information content (AvgIpc) is 2.32. The van der Waals surface area contributed by atoms with Gasteiger partial charge in [0.1, 0.15) is 0 Å². The molecule has 0 bridgehead atoms. The van der Waals surface area contributed by atoms with Gasteiger partial charge in [-0.2, -0.15) is 0 Å². The highest BCUT2D eigenvalue weighted by molar-refractivity contribution is 5.93. The van der Waals surface area contributed by atoms with Crippen molar-refractivity contribution < 1.29 is 14.7 Å². The van der Waals surface area contributed by atoms with Crippen LogP contribution < -0.4 is 5.32 Å². The van der Waals surface area contributed by atoms with Crippen molar-refractivity contribution in [3.05, 3.63) is 29.8 Å². The number of nitrogens with one attached hydrogen (secondary N) is 1. The normalized spacial score (nSPS) is 8.69. The number of rotatable bonds is 3. The molecule has 0 saturated carbocycles. The second kappa shape index (κ2) is 7.45. The van der Waals surface area contributed by atoms with Crippen LogP contribution in [0.5, 0.6) is 0 Å². The van der Waals surface area contributed by atoms with Crippen LogP contribution in [0.3, 0.4) is 0 Å². The van der Waals surface area contributed by atoms with Crippen molar-refractivity contribution in [3.8, 4) is 0 Å². The summed E-state index contributed by atoms with van der Waals surface area (Å²) in [6, 6.07) is 6.15. The van der Waals surface area contributed by atoms with Crippen LogP contribution in [0.4, 0.5) is 5.69 Å². The molecule has 0 aliphatic carbocycles. The minimum atomic E-state index is -1.00. The first-order valence-corrected chi connectivity index (χ1v) is 5.26. The maximum atomic E-state index is 11.0. The number of carbonyl (C=O) groups is 2. The first kappa shape index (κ1) is 14.2. The summed E-state index contributed by atoms with van der Waals surface area (Å²) in [7, 11) is 0. The van der Waals surface area contributed by atoms with E-state index in [9.17, 15) is 9.59 Å². The van der Waals surface area contributed by atoms with Crippen molar-refractivity contribution in [2.75, 3.05) is 5.32 Å². The van der Waals surface area contributed by atoms with Gasteiger partial charge in [0.25, 0.3) is 0 Å². The Morgan fingerprint density at radius 3 is 2.44 bits per heavy atom. The molecule has 4 nitrogen and oxygen atoms in total. The number of hydrogen-bond acceptors (Lipinski definition) is 2. The van der Waals surface area contributed by atoms with Gasteiger partial charge in [-0.05, 0) is 18.2 Å². The van der Waals surface area contributed by atoms with Gasteiger partial charge in [-0.1, -0.05) is 26.8 Å². The van der Waals surface area contributed by atoms with Gasteiger partial charge in [0.15, 0.2) is 0 Å². The summed E-state index contributed by atoms with van der Waals surface area (Å²) in [5.74, 6) is -1.13. The van der Waals surface area contributed by atoms with Crippen LogP contribution in [0.1, 0.15) is 37.6 Å². The Hall–Kier alpha value is -1.84. The lowest BCUT2D eigenvalue weighted by Gasteiger charge is -2.03. The molecule has 0 aromatic heterocycles. The highest BCUT2D eigenvalue weighted by Gasteiger charge is 2.04. The number of anilines is 1. The molecule has 0 unspecified atom stereocenters. The smallest absolute Gasteiger partial charge is 0.335 e. The van der Waals surface area contributed by atoms with Gasteiger partial charge in [0, 0.05) is 12.1 Å². The van der Waals surface area contributed by atoms with E-state index in [1.54, 1.807) is 19.1 Å². The van der Waals surface area contributed by atoms with Crippen molar-refractivity contribution >= 4 is 17.6 Å². The molecule has 0 radical (unpaired) electrons. The van der Waals surface area contributed by atoms with Crippen LogP contribution in [0.2, 0.25) is 0 Å². The van der Waals surface area contributed by atoms with Crippen LogP contribution >= 0.6 is 0 Å². The largest absolute Gasteiger partial charge is 0.478 e. The number of amides is 1. The van der Waals surface area contributed by atoms with Crippen LogP contribution in [0, 0.1) is 0 Å². The molecule has 1 aromatic carbocycles. The van der Waals surface area contributed by atoms with E-state index < -0.39 is 5.97 Å². The van der Waals surface area contributed by atoms with Crippen molar-refractivity contribution in [2.24, 2.45) is 0 Å². The van der Waals surface area contributed by atoms with Crippen molar-refractivity contribution in [1.82, 2.24) is 0 Å². The lowest BCUT2D eigenvalue weighted by molar-refractivity contribution is -0.115. The number of carboxylic acid groups (broad SMARTS) is 1. The van der Waals surface area contributed by atoms with E-state index in [-0.39, 0.29) is 11.5 Å². The zero-order valence-electron chi connectivity index (χ0n) is 9.78. The summed E-state index contributed by atoms with van der Waals surface area (Å²) in [4.78, 5) is 21.6. The number of benzene rings is 1. The van der Waals surface area contributed by atoms with E-state index >= 15 is 0 Å². The van der Waals surface area contributed by atoms with E-state index in [1.807, 2.05) is 13.8 Å². The summed E-state index contributed by atoms with van der Waals surface area (Å²) in [5, 5.41) is 11.3.